The molecule has 0 radical (unpaired) electrons. The topological polar surface area (TPSA) is 35.2 Å². The van der Waals surface area contributed by atoms with E-state index in [1.54, 1.807) is 0 Å². The minimum Gasteiger partial charge on any atom is -0.381 e. The Kier molecular flexibility index (Phi) is 5.21. The van der Waals surface area contributed by atoms with Gasteiger partial charge in [-0.1, -0.05) is 31.2 Å². The van der Waals surface area contributed by atoms with Gasteiger partial charge in [0.1, 0.15) is 0 Å². The Bertz CT molecular complexity index is 364. The number of ether oxygens (including phenoxy) is 1. The van der Waals surface area contributed by atoms with Gasteiger partial charge in [0.2, 0.25) is 0 Å². The second-order valence-corrected chi connectivity index (χ2v) is 5.28. The number of benzene rings is 1. The van der Waals surface area contributed by atoms with Crippen LogP contribution in [-0.4, -0.2) is 13.2 Å². The van der Waals surface area contributed by atoms with Crippen molar-refractivity contribution in [2.45, 2.75) is 45.1 Å². The van der Waals surface area contributed by atoms with Crippen molar-refractivity contribution in [1.82, 2.24) is 0 Å². The lowest BCUT2D eigenvalue weighted by molar-refractivity contribution is 0.115. The van der Waals surface area contributed by atoms with Gasteiger partial charge in [-0.25, -0.2) is 0 Å². The number of aryl methyl sites for hydroxylation is 1. The summed E-state index contributed by atoms with van der Waals surface area (Å²) in [5.41, 5.74) is 9.25. The normalized spacial score (nSPS) is 23.4. The maximum Gasteiger partial charge on any atom is 0.0469 e. The summed E-state index contributed by atoms with van der Waals surface area (Å²) in [7, 11) is 0. The van der Waals surface area contributed by atoms with Crippen LogP contribution in [-0.2, 0) is 11.2 Å². The van der Waals surface area contributed by atoms with Gasteiger partial charge in [0, 0.05) is 19.3 Å². The molecule has 1 aromatic rings. The quantitative estimate of drug-likeness (QED) is 0.639. The first-order valence-electron chi connectivity index (χ1n) is 7.24. The summed E-state index contributed by atoms with van der Waals surface area (Å²) in [5, 5.41) is 0. The smallest absolute Gasteiger partial charge is 0.0469 e. The molecule has 2 nitrogen and oxygen atoms in total. The fourth-order valence-electron chi connectivity index (χ4n) is 2.88. The Morgan fingerprint density at radius 2 is 2.11 bits per heavy atom. The highest BCUT2D eigenvalue weighted by molar-refractivity contribution is 5.31. The lowest BCUT2D eigenvalue weighted by atomic mass is 9.89. The molecule has 1 aliphatic carbocycles. The van der Waals surface area contributed by atoms with Gasteiger partial charge < -0.3 is 10.5 Å². The molecule has 1 aromatic carbocycles. The van der Waals surface area contributed by atoms with Gasteiger partial charge in [-0.2, -0.15) is 0 Å². The van der Waals surface area contributed by atoms with Crippen molar-refractivity contribution in [1.29, 1.82) is 0 Å². The molecule has 0 saturated heterocycles. The molecule has 100 valence electrons. The molecule has 2 rings (SSSR count). The van der Waals surface area contributed by atoms with Crippen LogP contribution in [0.4, 0.5) is 0 Å². The zero-order valence-corrected chi connectivity index (χ0v) is 11.4. The van der Waals surface area contributed by atoms with E-state index in [0.717, 1.165) is 26.1 Å². The van der Waals surface area contributed by atoms with Gasteiger partial charge in [-0.3, -0.25) is 0 Å². The van der Waals surface area contributed by atoms with Gasteiger partial charge in [0.15, 0.2) is 0 Å². The fraction of sp³-hybridized carbons (Fsp3) is 0.625. The highest BCUT2D eigenvalue weighted by Crippen LogP contribution is 2.33. The van der Waals surface area contributed by atoms with Crippen molar-refractivity contribution in [3.05, 3.63) is 35.4 Å². The van der Waals surface area contributed by atoms with E-state index in [4.69, 9.17) is 10.5 Å². The first kappa shape index (κ1) is 13.6. The average molecular weight is 247 g/mol. The zero-order valence-electron chi connectivity index (χ0n) is 11.4. The molecule has 0 spiro atoms. The van der Waals surface area contributed by atoms with Gasteiger partial charge in [0.25, 0.3) is 0 Å². The number of fused-ring (bicyclic) bond motifs is 1. The van der Waals surface area contributed by atoms with Gasteiger partial charge in [0.05, 0.1) is 0 Å². The highest BCUT2D eigenvalue weighted by Gasteiger charge is 2.24. The molecule has 1 aliphatic rings. The molecular weight excluding hydrogens is 222 g/mol. The fourth-order valence-corrected chi connectivity index (χ4v) is 2.88. The summed E-state index contributed by atoms with van der Waals surface area (Å²) in [6.45, 7) is 3.88. The molecule has 2 heteroatoms. The predicted molar refractivity (Wildman–Crippen MR) is 75.5 cm³/mol. The molecule has 0 aromatic heterocycles. The monoisotopic (exact) mass is 247 g/mol. The molecule has 0 saturated carbocycles. The molecule has 0 fully saturated rings. The third-order valence-corrected chi connectivity index (χ3v) is 3.92. The van der Waals surface area contributed by atoms with E-state index in [1.165, 1.54) is 30.4 Å². The molecule has 2 N–H and O–H groups in total. The maximum absolute atomic E-state index is 6.45. The lowest BCUT2D eigenvalue weighted by Crippen LogP contribution is -2.22. The van der Waals surface area contributed by atoms with Gasteiger partial charge in [-0.05, 0) is 49.1 Å². The summed E-state index contributed by atoms with van der Waals surface area (Å²) in [6, 6.07) is 8.84. The van der Waals surface area contributed by atoms with Crippen LogP contribution in [0.25, 0.3) is 0 Å². The molecule has 0 heterocycles. The first-order valence-corrected chi connectivity index (χ1v) is 7.24. The van der Waals surface area contributed by atoms with Crippen LogP contribution in [0.15, 0.2) is 24.3 Å². The van der Waals surface area contributed by atoms with Crippen molar-refractivity contribution in [2.24, 2.45) is 11.7 Å². The van der Waals surface area contributed by atoms with E-state index in [-0.39, 0.29) is 6.04 Å². The van der Waals surface area contributed by atoms with Crippen LogP contribution in [0.1, 0.15) is 49.8 Å². The second-order valence-electron chi connectivity index (χ2n) is 5.28. The summed E-state index contributed by atoms with van der Waals surface area (Å²) in [4.78, 5) is 0. The third-order valence-electron chi connectivity index (χ3n) is 3.92. The van der Waals surface area contributed by atoms with E-state index in [2.05, 4.69) is 31.2 Å². The van der Waals surface area contributed by atoms with Crippen molar-refractivity contribution in [3.8, 4) is 0 Å². The lowest BCUT2D eigenvalue weighted by Gasteiger charge is -2.22. The number of rotatable bonds is 5. The maximum atomic E-state index is 6.45. The van der Waals surface area contributed by atoms with Crippen molar-refractivity contribution in [3.63, 3.8) is 0 Å². The van der Waals surface area contributed by atoms with E-state index in [0.29, 0.717) is 5.92 Å². The molecule has 2 atom stereocenters. The molecular formula is C16H25NO. The van der Waals surface area contributed by atoms with Crippen LogP contribution in [0.5, 0.6) is 0 Å². The van der Waals surface area contributed by atoms with Crippen LogP contribution in [0.2, 0.25) is 0 Å². The molecule has 18 heavy (non-hydrogen) atoms. The summed E-state index contributed by atoms with van der Waals surface area (Å²) >= 11 is 0. The average Bonchev–Trinajstić information content (AvgIpc) is 2.56. The molecule has 0 amide bonds. The van der Waals surface area contributed by atoms with Crippen molar-refractivity contribution >= 4 is 0 Å². The first-order chi connectivity index (χ1) is 8.83. The van der Waals surface area contributed by atoms with E-state index < -0.39 is 0 Å². The highest BCUT2D eigenvalue weighted by atomic mass is 16.5. The summed E-state index contributed by atoms with van der Waals surface area (Å²) in [5.74, 6) is 0.575. The molecule has 2 unspecified atom stereocenters. The Balaban J connectivity index is 1.97. The van der Waals surface area contributed by atoms with E-state index in [1.807, 2.05) is 0 Å². The van der Waals surface area contributed by atoms with Crippen molar-refractivity contribution < 1.29 is 4.74 Å². The zero-order chi connectivity index (χ0) is 12.8. The van der Waals surface area contributed by atoms with Gasteiger partial charge in [-0.15, -0.1) is 0 Å². The predicted octanol–water partition coefficient (Wildman–Crippen LogP) is 3.46. The van der Waals surface area contributed by atoms with Crippen LogP contribution in [0, 0.1) is 5.92 Å². The van der Waals surface area contributed by atoms with Crippen LogP contribution in [0.3, 0.4) is 0 Å². The van der Waals surface area contributed by atoms with Gasteiger partial charge >= 0.3 is 0 Å². The third kappa shape index (κ3) is 3.33. The summed E-state index contributed by atoms with van der Waals surface area (Å²) in [6.07, 6.45) is 5.85. The minimum atomic E-state index is 0.189. The Morgan fingerprint density at radius 3 is 2.94 bits per heavy atom. The molecule has 0 bridgehead atoms. The van der Waals surface area contributed by atoms with Crippen molar-refractivity contribution in [2.75, 3.05) is 13.2 Å². The number of hydrogen-bond donors (Lipinski definition) is 1. The Morgan fingerprint density at radius 1 is 1.28 bits per heavy atom. The Labute approximate surface area is 111 Å². The number of nitrogens with two attached hydrogens (primary N) is 1. The standard InChI is InChI=1S/C16H25NO/c1-2-11-18-12-10-14-8-5-7-13-6-3-4-9-15(13)16(14)17/h3-4,6,9,14,16H,2,5,7-8,10-12,17H2,1H3. The second kappa shape index (κ2) is 6.91. The molecule has 0 aliphatic heterocycles. The SMILES string of the molecule is CCCOCCC1CCCc2ccccc2C1N. The minimum absolute atomic E-state index is 0.189. The largest absolute Gasteiger partial charge is 0.381 e. The summed E-state index contributed by atoms with van der Waals surface area (Å²) < 4.78 is 5.61. The Hall–Kier alpha value is -0.860. The van der Waals surface area contributed by atoms with E-state index in [9.17, 15) is 0 Å². The van der Waals surface area contributed by atoms with Crippen LogP contribution < -0.4 is 5.73 Å². The van der Waals surface area contributed by atoms with E-state index >= 15 is 0 Å². The van der Waals surface area contributed by atoms with Crippen LogP contribution >= 0.6 is 0 Å². The number of hydrogen-bond acceptors (Lipinski definition) is 2.